The Hall–Kier alpha value is -2.32. The molecule has 2 aromatic rings. The molecule has 192 valence electrons. The number of carbonyl (C=O) groups excluding carboxylic acids is 1. The Labute approximate surface area is 214 Å². The van der Waals surface area contributed by atoms with Gasteiger partial charge in [0.2, 0.25) is 0 Å². The van der Waals surface area contributed by atoms with E-state index in [0.717, 1.165) is 25.7 Å². The molecule has 2 aromatic carbocycles. The maximum Gasteiger partial charge on any atom is 0.532 e. The fraction of sp³-hybridized carbons (Fsp3) is 0.500. The summed E-state index contributed by atoms with van der Waals surface area (Å²) >= 11 is 0. The first kappa shape index (κ1) is 28.9. The summed E-state index contributed by atoms with van der Waals surface area (Å²) in [5, 5.41) is 0. The Morgan fingerprint density at radius 2 is 1.11 bits per heavy atom. The fourth-order valence-corrected chi connectivity index (χ4v) is 4.62. The van der Waals surface area contributed by atoms with Gasteiger partial charge in [0, 0.05) is 6.42 Å². The number of allylic oxidation sites excluding steroid dienone is 2. The van der Waals surface area contributed by atoms with Crippen molar-refractivity contribution >= 4 is 14.6 Å². The lowest BCUT2D eigenvalue weighted by Crippen LogP contribution is -2.07. The molecule has 35 heavy (non-hydrogen) atoms. The van der Waals surface area contributed by atoms with Gasteiger partial charge < -0.3 is 13.6 Å². The molecular weight excluding hydrogens is 455 g/mol. The van der Waals surface area contributed by atoms with Crippen molar-refractivity contribution in [3.8, 4) is 11.5 Å². The van der Waals surface area contributed by atoms with Crippen LogP contribution in [0.2, 0.25) is 0 Å². The second kappa shape index (κ2) is 19.9. The third-order valence-electron chi connectivity index (χ3n) is 5.67. The van der Waals surface area contributed by atoms with Gasteiger partial charge >= 0.3 is 14.6 Å². The highest BCUT2D eigenvalue weighted by atomic mass is 31.2. The summed E-state index contributed by atoms with van der Waals surface area (Å²) in [5.41, 5.74) is 0. The quantitative estimate of drug-likeness (QED) is 0.103. The monoisotopic (exact) mass is 498 g/mol. The molecule has 0 aliphatic carbocycles. The lowest BCUT2D eigenvalue weighted by atomic mass is 10.1. The Bertz CT molecular complexity index is 753. The number of hydrogen-bond donors (Lipinski definition) is 0. The molecule has 0 aliphatic heterocycles. The molecular formula is C30H43O4P. The maximum absolute atomic E-state index is 12.4. The van der Waals surface area contributed by atoms with Crippen LogP contribution in [0.15, 0.2) is 72.8 Å². The SMILES string of the molecule is CCCCCCCC/C=C\CCCCCCCC(=O)OP(Oc1ccccc1)Oc1ccccc1. The number of unbranched alkanes of at least 4 members (excludes halogenated alkanes) is 11. The number of para-hydroxylation sites is 2. The molecule has 0 atom stereocenters. The Balaban J connectivity index is 1.54. The van der Waals surface area contributed by atoms with Crippen LogP contribution in [0, 0.1) is 0 Å². The predicted molar refractivity (Wildman–Crippen MR) is 147 cm³/mol. The van der Waals surface area contributed by atoms with Gasteiger partial charge in [0.15, 0.2) is 0 Å². The van der Waals surface area contributed by atoms with E-state index in [1.165, 1.54) is 57.8 Å². The minimum absolute atomic E-state index is 0.277. The second-order valence-electron chi connectivity index (χ2n) is 8.83. The minimum atomic E-state index is -1.85. The van der Waals surface area contributed by atoms with Crippen LogP contribution >= 0.6 is 8.60 Å². The third-order valence-corrected chi connectivity index (χ3v) is 6.74. The molecule has 0 saturated carbocycles. The van der Waals surface area contributed by atoms with E-state index in [2.05, 4.69) is 19.1 Å². The summed E-state index contributed by atoms with van der Waals surface area (Å²) in [7, 11) is -1.85. The molecule has 0 N–H and O–H groups in total. The molecule has 0 saturated heterocycles. The van der Waals surface area contributed by atoms with Crippen LogP contribution in [-0.2, 0) is 9.32 Å². The average Bonchev–Trinajstić information content (AvgIpc) is 2.87. The molecule has 0 fully saturated rings. The van der Waals surface area contributed by atoms with Gasteiger partial charge in [-0.1, -0.05) is 107 Å². The van der Waals surface area contributed by atoms with E-state index < -0.39 is 8.60 Å². The van der Waals surface area contributed by atoms with Crippen LogP contribution in [0.25, 0.3) is 0 Å². The van der Waals surface area contributed by atoms with E-state index in [0.29, 0.717) is 17.9 Å². The lowest BCUT2D eigenvalue weighted by molar-refractivity contribution is -0.134. The highest BCUT2D eigenvalue weighted by Gasteiger charge is 2.22. The van der Waals surface area contributed by atoms with Crippen molar-refractivity contribution in [2.45, 2.75) is 96.8 Å². The summed E-state index contributed by atoms with van der Waals surface area (Å²) < 4.78 is 17.2. The number of rotatable bonds is 20. The van der Waals surface area contributed by atoms with Gasteiger partial charge in [0.1, 0.15) is 11.5 Å². The molecule has 5 heteroatoms. The smallest absolute Gasteiger partial charge is 0.408 e. The van der Waals surface area contributed by atoms with Gasteiger partial charge in [0.25, 0.3) is 0 Å². The molecule has 0 amide bonds. The van der Waals surface area contributed by atoms with E-state index in [1.807, 2.05) is 60.7 Å². The highest BCUT2D eigenvalue weighted by Crippen LogP contribution is 2.41. The van der Waals surface area contributed by atoms with Crippen LogP contribution in [0.1, 0.15) is 96.8 Å². The topological polar surface area (TPSA) is 44.8 Å². The van der Waals surface area contributed by atoms with Gasteiger partial charge in [-0.3, -0.25) is 4.79 Å². The zero-order chi connectivity index (χ0) is 24.8. The standard InChI is InChI=1S/C30H43O4P/c1-2-3-4-5-6-7-8-9-10-11-12-13-14-15-22-27-30(31)34-35(32-28-23-18-16-19-24-28)33-29-25-20-17-21-26-29/h9-10,16-21,23-26H,2-8,11-15,22,27H2,1H3/b10-9-. The summed E-state index contributed by atoms with van der Waals surface area (Å²) in [5.74, 6) is 0.951. The van der Waals surface area contributed by atoms with Crippen molar-refractivity contribution < 1.29 is 18.4 Å². The lowest BCUT2D eigenvalue weighted by Gasteiger charge is -2.16. The number of carbonyl (C=O) groups is 1. The summed E-state index contributed by atoms with van der Waals surface area (Å²) in [6, 6.07) is 18.6. The zero-order valence-corrected chi connectivity index (χ0v) is 22.3. The van der Waals surface area contributed by atoms with E-state index in [9.17, 15) is 4.79 Å². The average molecular weight is 499 g/mol. The van der Waals surface area contributed by atoms with E-state index in [-0.39, 0.29) is 5.97 Å². The van der Waals surface area contributed by atoms with E-state index >= 15 is 0 Å². The van der Waals surface area contributed by atoms with Gasteiger partial charge in [-0.25, -0.2) is 0 Å². The fourth-order valence-electron chi connectivity index (χ4n) is 3.66. The summed E-state index contributed by atoms with van der Waals surface area (Å²) in [6.45, 7) is 2.26. The molecule has 0 radical (unpaired) electrons. The van der Waals surface area contributed by atoms with Crippen LogP contribution in [0.5, 0.6) is 11.5 Å². The van der Waals surface area contributed by atoms with Gasteiger partial charge in [-0.15, -0.1) is 0 Å². The predicted octanol–water partition coefficient (Wildman–Crippen LogP) is 9.95. The second-order valence-corrected chi connectivity index (χ2v) is 9.82. The number of hydrogen-bond acceptors (Lipinski definition) is 4. The molecule has 0 heterocycles. The van der Waals surface area contributed by atoms with Crippen molar-refractivity contribution in [3.63, 3.8) is 0 Å². The van der Waals surface area contributed by atoms with Crippen molar-refractivity contribution in [2.75, 3.05) is 0 Å². The van der Waals surface area contributed by atoms with Crippen molar-refractivity contribution in [1.82, 2.24) is 0 Å². The van der Waals surface area contributed by atoms with E-state index in [1.54, 1.807) is 0 Å². The van der Waals surface area contributed by atoms with Crippen molar-refractivity contribution in [3.05, 3.63) is 72.8 Å². The normalized spacial score (nSPS) is 11.1. The molecule has 0 bridgehead atoms. The first-order valence-corrected chi connectivity index (χ1v) is 14.5. The van der Waals surface area contributed by atoms with Crippen molar-refractivity contribution in [2.24, 2.45) is 0 Å². The van der Waals surface area contributed by atoms with Gasteiger partial charge in [-0.2, -0.15) is 0 Å². The molecule has 4 nitrogen and oxygen atoms in total. The Kier molecular flexibility index (Phi) is 16.5. The molecule has 0 aliphatic rings. The summed E-state index contributed by atoms with van der Waals surface area (Å²) in [6.07, 6.45) is 21.1. The minimum Gasteiger partial charge on any atom is -0.408 e. The molecule has 0 aromatic heterocycles. The number of benzene rings is 2. The first-order valence-electron chi connectivity index (χ1n) is 13.4. The van der Waals surface area contributed by atoms with Crippen LogP contribution < -0.4 is 9.05 Å². The molecule has 2 rings (SSSR count). The summed E-state index contributed by atoms with van der Waals surface area (Å²) in [4.78, 5) is 12.4. The first-order chi connectivity index (χ1) is 17.3. The Morgan fingerprint density at radius 3 is 1.63 bits per heavy atom. The van der Waals surface area contributed by atoms with Crippen LogP contribution in [0.4, 0.5) is 0 Å². The van der Waals surface area contributed by atoms with Crippen molar-refractivity contribution in [1.29, 1.82) is 0 Å². The third kappa shape index (κ3) is 15.3. The maximum atomic E-state index is 12.4. The van der Waals surface area contributed by atoms with Gasteiger partial charge in [0.05, 0.1) is 0 Å². The molecule has 0 spiro atoms. The zero-order valence-electron chi connectivity index (χ0n) is 21.4. The van der Waals surface area contributed by atoms with Crippen LogP contribution in [-0.4, -0.2) is 5.97 Å². The van der Waals surface area contributed by atoms with Crippen LogP contribution in [0.3, 0.4) is 0 Å². The largest absolute Gasteiger partial charge is 0.532 e. The van der Waals surface area contributed by atoms with E-state index in [4.69, 9.17) is 13.6 Å². The Morgan fingerprint density at radius 1 is 0.657 bits per heavy atom. The molecule has 0 unspecified atom stereocenters. The van der Waals surface area contributed by atoms with Gasteiger partial charge in [-0.05, 0) is 56.4 Å². The highest BCUT2D eigenvalue weighted by molar-refractivity contribution is 7.43.